The number of ether oxygens (including phenoxy) is 1. The quantitative estimate of drug-likeness (QED) is 0.305. The fourth-order valence-electron chi connectivity index (χ4n) is 5.32. The fraction of sp³-hybridized carbons (Fsp3) is 0.406. The molecule has 3 aromatic rings. The van der Waals surface area contributed by atoms with Gasteiger partial charge in [0.2, 0.25) is 0 Å². The maximum absolute atomic E-state index is 13.3. The van der Waals surface area contributed by atoms with Gasteiger partial charge in [0.15, 0.2) is 0 Å². The summed E-state index contributed by atoms with van der Waals surface area (Å²) in [6.45, 7) is 11.1. The first-order valence-corrected chi connectivity index (χ1v) is 13.4. The van der Waals surface area contributed by atoms with Crippen molar-refractivity contribution in [2.24, 2.45) is 0 Å². The van der Waals surface area contributed by atoms with Crippen LogP contribution in [-0.2, 0) is 14.9 Å². The fourth-order valence-corrected chi connectivity index (χ4v) is 5.32. The SMILES string of the molecule is CCC(CCCN1CCN(c2cccc(-c3ccccc3)c2)CC1)(C(=O)OC(C)C)c1ccccc1. The van der Waals surface area contributed by atoms with Crippen molar-refractivity contribution in [3.8, 4) is 11.1 Å². The van der Waals surface area contributed by atoms with Crippen LogP contribution in [0.3, 0.4) is 0 Å². The Labute approximate surface area is 216 Å². The minimum absolute atomic E-state index is 0.0886. The molecule has 1 atom stereocenters. The zero-order valence-electron chi connectivity index (χ0n) is 22.0. The molecule has 0 N–H and O–H groups in total. The van der Waals surface area contributed by atoms with E-state index in [-0.39, 0.29) is 12.1 Å². The van der Waals surface area contributed by atoms with Gasteiger partial charge in [0.25, 0.3) is 0 Å². The maximum Gasteiger partial charge on any atom is 0.316 e. The van der Waals surface area contributed by atoms with Crippen molar-refractivity contribution in [1.29, 1.82) is 0 Å². The molecule has 0 radical (unpaired) electrons. The van der Waals surface area contributed by atoms with Crippen LogP contribution in [0.25, 0.3) is 11.1 Å². The van der Waals surface area contributed by atoms with E-state index < -0.39 is 5.41 Å². The lowest BCUT2D eigenvalue weighted by atomic mass is 9.74. The second-order valence-corrected chi connectivity index (χ2v) is 10.1. The van der Waals surface area contributed by atoms with Crippen LogP contribution in [0.2, 0.25) is 0 Å². The Kier molecular flexibility index (Phi) is 8.82. The minimum atomic E-state index is -0.578. The molecule has 36 heavy (non-hydrogen) atoms. The summed E-state index contributed by atoms with van der Waals surface area (Å²) in [5.41, 5.74) is 4.31. The molecule has 0 bridgehead atoms. The van der Waals surface area contributed by atoms with Gasteiger partial charge in [-0.3, -0.25) is 9.69 Å². The van der Waals surface area contributed by atoms with E-state index in [4.69, 9.17) is 4.74 Å². The van der Waals surface area contributed by atoms with Crippen LogP contribution in [0.15, 0.2) is 84.9 Å². The van der Waals surface area contributed by atoms with Gasteiger partial charge in [-0.25, -0.2) is 0 Å². The predicted molar refractivity (Wildman–Crippen MR) is 149 cm³/mol. The van der Waals surface area contributed by atoms with Gasteiger partial charge in [-0.1, -0.05) is 79.7 Å². The highest BCUT2D eigenvalue weighted by molar-refractivity contribution is 5.83. The van der Waals surface area contributed by atoms with E-state index >= 15 is 0 Å². The van der Waals surface area contributed by atoms with Gasteiger partial charge in [-0.2, -0.15) is 0 Å². The summed E-state index contributed by atoms with van der Waals surface area (Å²) in [5, 5.41) is 0. The highest BCUT2D eigenvalue weighted by atomic mass is 16.5. The zero-order chi connectivity index (χ0) is 25.4. The number of anilines is 1. The lowest BCUT2D eigenvalue weighted by Gasteiger charge is -2.37. The van der Waals surface area contributed by atoms with Crippen molar-refractivity contribution >= 4 is 11.7 Å². The third-order valence-corrected chi connectivity index (χ3v) is 7.43. The third kappa shape index (κ3) is 6.17. The molecule has 1 fully saturated rings. The largest absolute Gasteiger partial charge is 0.462 e. The number of hydrogen-bond donors (Lipinski definition) is 0. The molecule has 4 rings (SSSR count). The van der Waals surface area contributed by atoms with E-state index in [0.29, 0.717) is 0 Å². The molecule has 0 spiro atoms. The molecular formula is C32H40N2O2. The van der Waals surface area contributed by atoms with Gasteiger partial charge in [0.05, 0.1) is 11.5 Å². The van der Waals surface area contributed by atoms with E-state index in [1.165, 1.54) is 16.8 Å². The average Bonchev–Trinajstić information content (AvgIpc) is 2.92. The van der Waals surface area contributed by atoms with Crippen molar-refractivity contribution in [2.45, 2.75) is 51.6 Å². The van der Waals surface area contributed by atoms with Crippen molar-refractivity contribution in [3.05, 3.63) is 90.5 Å². The topological polar surface area (TPSA) is 32.8 Å². The van der Waals surface area contributed by atoms with Gasteiger partial charge >= 0.3 is 5.97 Å². The Hall–Kier alpha value is -3.11. The van der Waals surface area contributed by atoms with Crippen LogP contribution < -0.4 is 4.90 Å². The Balaban J connectivity index is 1.35. The lowest BCUT2D eigenvalue weighted by molar-refractivity contribution is -0.155. The summed E-state index contributed by atoms with van der Waals surface area (Å²) in [6.07, 6.45) is 2.41. The first-order chi connectivity index (χ1) is 17.5. The number of carbonyl (C=O) groups is 1. The molecule has 4 nitrogen and oxygen atoms in total. The number of benzene rings is 3. The monoisotopic (exact) mass is 484 g/mol. The van der Waals surface area contributed by atoms with Gasteiger partial charge in [0.1, 0.15) is 0 Å². The Bertz CT molecular complexity index is 1090. The van der Waals surface area contributed by atoms with E-state index in [0.717, 1.165) is 57.5 Å². The summed E-state index contributed by atoms with van der Waals surface area (Å²) in [4.78, 5) is 18.3. The van der Waals surface area contributed by atoms with Crippen LogP contribution in [-0.4, -0.2) is 49.7 Å². The lowest BCUT2D eigenvalue weighted by Crippen LogP contribution is -2.47. The van der Waals surface area contributed by atoms with Crippen molar-refractivity contribution in [1.82, 2.24) is 4.90 Å². The van der Waals surface area contributed by atoms with Crippen molar-refractivity contribution in [3.63, 3.8) is 0 Å². The van der Waals surface area contributed by atoms with E-state index in [9.17, 15) is 4.79 Å². The first kappa shape index (κ1) is 26.0. The van der Waals surface area contributed by atoms with Gasteiger partial charge in [0, 0.05) is 31.9 Å². The summed E-state index contributed by atoms with van der Waals surface area (Å²) >= 11 is 0. The van der Waals surface area contributed by atoms with Crippen LogP contribution in [0.4, 0.5) is 5.69 Å². The zero-order valence-corrected chi connectivity index (χ0v) is 22.0. The van der Waals surface area contributed by atoms with Gasteiger partial charge in [-0.15, -0.1) is 0 Å². The Morgan fingerprint density at radius 3 is 2.14 bits per heavy atom. The number of carbonyl (C=O) groups excluding carboxylic acids is 1. The van der Waals surface area contributed by atoms with Gasteiger partial charge in [-0.05, 0) is 68.5 Å². The molecule has 1 unspecified atom stereocenters. The maximum atomic E-state index is 13.3. The van der Waals surface area contributed by atoms with Crippen LogP contribution in [0.1, 0.15) is 45.6 Å². The second-order valence-electron chi connectivity index (χ2n) is 10.1. The summed E-state index contributed by atoms with van der Waals surface area (Å²) < 4.78 is 5.75. The minimum Gasteiger partial charge on any atom is -0.462 e. The highest BCUT2D eigenvalue weighted by Gasteiger charge is 2.40. The van der Waals surface area contributed by atoms with Crippen molar-refractivity contribution in [2.75, 3.05) is 37.6 Å². The third-order valence-electron chi connectivity index (χ3n) is 7.43. The van der Waals surface area contributed by atoms with Crippen LogP contribution in [0, 0.1) is 0 Å². The number of nitrogens with zero attached hydrogens (tertiary/aromatic N) is 2. The summed E-state index contributed by atoms with van der Waals surface area (Å²) in [5.74, 6) is -0.0886. The number of hydrogen-bond acceptors (Lipinski definition) is 4. The number of rotatable bonds is 10. The van der Waals surface area contributed by atoms with Gasteiger partial charge < -0.3 is 9.64 Å². The molecule has 0 amide bonds. The first-order valence-electron chi connectivity index (χ1n) is 13.4. The highest BCUT2D eigenvalue weighted by Crippen LogP contribution is 2.35. The molecule has 3 aromatic carbocycles. The normalized spacial score (nSPS) is 16.1. The molecule has 1 aliphatic rings. The molecule has 1 saturated heterocycles. The average molecular weight is 485 g/mol. The van der Waals surface area contributed by atoms with Crippen LogP contribution >= 0.6 is 0 Å². The smallest absolute Gasteiger partial charge is 0.316 e. The van der Waals surface area contributed by atoms with E-state index in [1.54, 1.807) is 0 Å². The molecule has 1 aliphatic heterocycles. The molecule has 0 saturated carbocycles. The summed E-state index contributed by atoms with van der Waals surface area (Å²) in [6, 6.07) is 29.7. The Morgan fingerprint density at radius 2 is 1.50 bits per heavy atom. The molecule has 0 aromatic heterocycles. The van der Waals surface area contributed by atoms with E-state index in [1.807, 2.05) is 32.0 Å². The second kappa shape index (κ2) is 12.2. The molecule has 190 valence electrons. The predicted octanol–water partition coefficient (Wildman–Crippen LogP) is 6.56. The molecule has 4 heteroatoms. The Morgan fingerprint density at radius 1 is 0.861 bits per heavy atom. The summed E-state index contributed by atoms with van der Waals surface area (Å²) in [7, 11) is 0. The standard InChI is InChI=1S/C32H40N2O2/c1-4-32(31(35)36-26(2)3,29-16-9-6-10-17-29)19-12-20-33-21-23-34(24-22-33)30-18-11-15-28(25-30)27-13-7-5-8-14-27/h5-11,13-18,25-26H,4,12,19-24H2,1-3H3. The van der Waals surface area contributed by atoms with Crippen molar-refractivity contribution < 1.29 is 9.53 Å². The number of esters is 1. The van der Waals surface area contributed by atoms with E-state index in [2.05, 4.69) is 83.5 Å². The van der Waals surface area contributed by atoms with Crippen LogP contribution in [0.5, 0.6) is 0 Å². The molecule has 0 aliphatic carbocycles. The number of piperazine rings is 1. The molecule has 1 heterocycles. The molecular weight excluding hydrogens is 444 g/mol.